The third-order valence-electron chi connectivity index (χ3n) is 7.39. The van der Waals surface area contributed by atoms with Crippen molar-refractivity contribution in [2.45, 2.75) is 84.9 Å². The van der Waals surface area contributed by atoms with Crippen molar-refractivity contribution in [3.63, 3.8) is 0 Å². The van der Waals surface area contributed by atoms with E-state index in [1.54, 1.807) is 39.0 Å². The molecular formula is C32H42N4O5. The lowest BCUT2D eigenvalue weighted by Crippen LogP contribution is -2.55. The van der Waals surface area contributed by atoms with Gasteiger partial charge in [0.2, 0.25) is 0 Å². The van der Waals surface area contributed by atoms with Crippen molar-refractivity contribution in [3.8, 4) is 0 Å². The molecule has 2 aromatic rings. The van der Waals surface area contributed by atoms with Gasteiger partial charge in [-0.05, 0) is 63.9 Å². The lowest BCUT2D eigenvalue weighted by atomic mass is 9.90. The van der Waals surface area contributed by atoms with E-state index >= 15 is 0 Å². The molecule has 220 valence electrons. The number of hydrogen-bond acceptors (Lipinski definition) is 6. The van der Waals surface area contributed by atoms with Gasteiger partial charge in [0.1, 0.15) is 11.6 Å². The first-order valence-electron chi connectivity index (χ1n) is 14.3. The van der Waals surface area contributed by atoms with Crippen molar-refractivity contribution in [3.05, 3.63) is 54.1 Å². The van der Waals surface area contributed by atoms with Gasteiger partial charge in [-0.1, -0.05) is 51.8 Å². The van der Waals surface area contributed by atoms with Crippen LogP contribution in [0.2, 0.25) is 0 Å². The summed E-state index contributed by atoms with van der Waals surface area (Å²) in [6.45, 7) is 11.1. The van der Waals surface area contributed by atoms with Gasteiger partial charge in [0.15, 0.2) is 5.78 Å². The average molecular weight is 563 g/mol. The molecule has 1 saturated carbocycles. The van der Waals surface area contributed by atoms with E-state index in [1.807, 2.05) is 45.0 Å². The number of rotatable bonds is 6. The van der Waals surface area contributed by atoms with Crippen molar-refractivity contribution in [2.75, 3.05) is 28.2 Å². The number of urea groups is 1. The van der Waals surface area contributed by atoms with Crippen molar-refractivity contribution in [1.82, 2.24) is 5.32 Å². The quantitative estimate of drug-likeness (QED) is 0.448. The second-order valence-electron chi connectivity index (χ2n) is 12.9. The van der Waals surface area contributed by atoms with Crippen molar-refractivity contribution >= 4 is 40.8 Å². The van der Waals surface area contributed by atoms with Gasteiger partial charge in [-0.3, -0.25) is 9.59 Å². The number of nitrogens with one attached hydrogen (secondary N) is 2. The molecule has 1 aliphatic heterocycles. The maximum atomic E-state index is 14.0. The number of anilines is 3. The lowest BCUT2D eigenvalue weighted by Gasteiger charge is -2.32. The fourth-order valence-corrected chi connectivity index (χ4v) is 5.21. The molecule has 2 aliphatic rings. The van der Waals surface area contributed by atoms with E-state index in [0.717, 1.165) is 31.4 Å². The van der Waals surface area contributed by atoms with Crippen molar-refractivity contribution in [2.24, 2.45) is 5.41 Å². The summed E-state index contributed by atoms with van der Waals surface area (Å²) < 4.78 is 5.44. The summed E-state index contributed by atoms with van der Waals surface area (Å²) in [6, 6.07) is 12.9. The van der Waals surface area contributed by atoms with Crippen LogP contribution in [0.1, 0.15) is 77.6 Å². The summed E-state index contributed by atoms with van der Waals surface area (Å²) in [7, 11) is 0. The zero-order valence-corrected chi connectivity index (χ0v) is 25.0. The van der Waals surface area contributed by atoms with E-state index < -0.39 is 29.1 Å². The molecule has 0 aromatic heterocycles. The highest BCUT2D eigenvalue weighted by molar-refractivity contribution is 6.08. The first-order chi connectivity index (χ1) is 19.2. The van der Waals surface area contributed by atoms with Crippen LogP contribution < -0.4 is 20.4 Å². The Labute approximate surface area is 242 Å². The van der Waals surface area contributed by atoms with Crippen LogP contribution in [0, 0.1) is 5.41 Å². The molecule has 3 amide bonds. The Bertz CT molecular complexity index is 1300. The Morgan fingerprint density at radius 2 is 1.59 bits per heavy atom. The summed E-state index contributed by atoms with van der Waals surface area (Å²) in [5, 5.41) is 5.62. The van der Waals surface area contributed by atoms with Crippen LogP contribution in [0.15, 0.2) is 48.5 Å². The third kappa shape index (κ3) is 7.45. The van der Waals surface area contributed by atoms with Gasteiger partial charge in [0.05, 0.1) is 23.5 Å². The molecule has 1 fully saturated rings. The zero-order chi connectivity index (χ0) is 29.9. The molecule has 0 radical (unpaired) electrons. The highest BCUT2D eigenvalue weighted by atomic mass is 16.6. The highest BCUT2D eigenvalue weighted by Crippen LogP contribution is 2.38. The largest absolute Gasteiger partial charge is 0.456 e. The normalized spacial score (nSPS) is 18.0. The number of Topliss-reactive ketones (excluding diaryl/α,β-unsaturated/α-hetero) is 1. The molecule has 0 spiro atoms. The first-order valence-corrected chi connectivity index (χ1v) is 14.3. The topological polar surface area (TPSA) is 108 Å². The Morgan fingerprint density at radius 1 is 0.927 bits per heavy atom. The van der Waals surface area contributed by atoms with Gasteiger partial charge in [0, 0.05) is 23.7 Å². The van der Waals surface area contributed by atoms with E-state index in [0.29, 0.717) is 16.9 Å². The average Bonchev–Trinajstić information content (AvgIpc) is 3.39. The van der Waals surface area contributed by atoms with Crippen LogP contribution in [0.4, 0.5) is 21.9 Å². The Morgan fingerprint density at radius 3 is 2.22 bits per heavy atom. The molecule has 2 aromatic carbocycles. The summed E-state index contributed by atoms with van der Waals surface area (Å²) in [5.41, 5.74) is 0.981. The number of nitrogens with zero attached hydrogens (tertiary/aromatic N) is 2. The summed E-state index contributed by atoms with van der Waals surface area (Å²) in [6.07, 6.45) is 4.21. The van der Waals surface area contributed by atoms with Gasteiger partial charge in [-0.15, -0.1) is 0 Å². The zero-order valence-electron chi connectivity index (χ0n) is 25.0. The van der Waals surface area contributed by atoms with Gasteiger partial charge < -0.3 is 25.2 Å². The second-order valence-corrected chi connectivity index (χ2v) is 12.9. The number of amides is 3. The Hall–Kier alpha value is -3.88. The van der Waals surface area contributed by atoms with E-state index in [-0.39, 0.29) is 30.8 Å². The Kier molecular flexibility index (Phi) is 8.75. The van der Waals surface area contributed by atoms with Crippen molar-refractivity contribution < 1.29 is 23.9 Å². The molecule has 1 heterocycles. The minimum atomic E-state index is -0.898. The molecule has 1 unspecified atom stereocenters. The summed E-state index contributed by atoms with van der Waals surface area (Å²) >= 11 is 0. The number of benzene rings is 2. The van der Waals surface area contributed by atoms with Crippen LogP contribution in [-0.2, 0) is 14.3 Å². The van der Waals surface area contributed by atoms with Crippen LogP contribution in [-0.4, -0.2) is 54.5 Å². The number of carbonyl (C=O) groups is 4. The van der Waals surface area contributed by atoms with Crippen LogP contribution >= 0.6 is 0 Å². The fraction of sp³-hybridized carbons (Fsp3) is 0.500. The number of carbonyl (C=O) groups excluding carboxylic acids is 4. The number of para-hydroxylation sites is 2. The SMILES string of the molecule is CC(C)(C)OC(=O)c1cccc(NC(=O)NC2CN(C3CCCC3)c3ccccc3N(CC(=O)C(C)(C)C)C2=O)c1. The van der Waals surface area contributed by atoms with Gasteiger partial charge in [-0.25, -0.2) is 9.59 Å². The minimum absolute atomic E-state index is 0.0721. The minimum Gasteiger partial charge on any atom is -0.456 e. The summed E-state index contributed by atoms with van der Waals surface area (Å²) in [4.78, 5) is 56.7. The predicted octanol–water partition coefficient (Wildman–Crippen LogP) is 5.54. The van der Waals surface area contributed by atoms with Crippen LogP contribution in [0.25, 0.3) is 0 Å². The highest BCUT2D eigenvalue weighted by Gasteiger charge is 2.39. The monoisotopic (exact) mass is 562 g/mol. The number of fused-ring (bicyclic) bond motifs is 1. The summed E-state index contributed by atoms with van der Waals surface area (Å²) in [5.74, 6) is -0.907. The van der Waals surface area contributed by atoms with E-state index in [4.69, 9.17) is 4.74 Å². The molecule has 0 bridgehead atoms. The smallest absolute Gasteiger partial charge is 0.338 e. The lowest BCUT2D eigenvalue weighted by molar-refractivity contribution is -0.127. The molecular weight excluding hydrogens is 520 g/mol. The molecule has 41 heavy (non-hydrogen) atoms. The third-order valence-corrected chi connectivity index (χ3v) is 7.39. The molecule has 1 atom stereocenters. The first kappa shape index (κ1) is 30.1. The van der Waals surface area contributed by atoms with E-state index in [9.17, 15) is 19.2 Å². The molecule has 9 nitrogen and oxygen atoms in total. The maximum absolute atomic E-state index is 14.0. The van der Waals surface area contributed by atoms with Crippen LogP contribution in [0.3, 0.4) is 0 Å². The molecule has 2 N–H and O–H groups in total. The van der Waals surface area contributed by atoms with E-state index in [2.05, 4.69) is 15.5 Å². The molecule has 0 saturated heterocycles. The predicted molar refractivity (Wildman–Crippen MR) is 160 cm³/mol. The maximum Gasteiger partial charge on any atom is 0.338 e. The van der Waals surface area contributed by atoms with Gasteiger partial charge >= 0.3 is 12.0 Å². The van der Waals surface area contributed by atoms with E-state index in [1.165, 1.54) is 11.0 Å². The van der Waals surface area contributed by atoms with Gasteiger partial charge in [0.25, 0.3) is 5.91 Å². The molecule has 4 rings (SSSR count). The number of ether oxygens (including phenoxy) is 1. The number of ketones is 1. The number of hydrogen-bond donors (Lipinski definition) is 2. The standard InChI is InChI=1S/C32H42N4O5/c1-31(2,3)27(37)20-36-26-17-10-9-16-25(26)35(23-14-7-8-15-23)19-24(28(36)38)34-30(40)33-22-13-11-12-21(18-22)29(39)41-32(4,5)6/h9-13,16-18,23-24H,7-8,14-15,19-20H2,1-6H3,(H2,33,34,40). The van der Waals surface area contributed by atoms with Crippen LogP contribution in [0.5, 0.6) is 0 Å². The molecule has 1 aliphatic carbocycles. The van der Waals surface area contributed by atoms with Gasteiger partial charge in [-0.2, -0.15) is 0 Å². The fourth-order valence-electron chi connectivity index (χ4n) is 5.21. The number of esters is 1. The Balaban J connectivity index is 1.60. The molecule has 9 heteroatoms. The van der Waals surface area contributed by atoms with Crippen molar-refractivity contribution in [1.29, 1.82) is 0 Å². The second kappa shape index (κ2) is 11.9.